The van der Waals surface area contributed by atoms with Crippen molar-refractivity contribution in [3.8, 4) is 0 Å². The highest BCUT2D eigenvalue weighted by Gasteiger charge is 2.27. The van der Waals surface area contributed by atoms with Gasteiger partial charge in [0.25, 0.3) is 0 Å². The van der Waals surface area contributed by atoms with Crippen molar-refractivity contribution in [2.24, 2.45) is 11.7 Å². The molecular weight excluding hydrogens is 282 g/mol. The Kier molecular flexibility index (Phi) is 7.80. The number of rotatable bonds is 8. The van der Waals surface area contributed by atoms with E-state index in [1.807, 2.05) is 0 Å². The molecule has 0 aliphatic rings. The minimum absolute atomic E-state index is 0.136. The van der Waals surface area contributed by atoms with Crippen LogP contribution in [0.1, 0.15) is 26.7 Å². The number of ether oxygens (including phenoxy) is 1. The van der Waals surface area contributed by atoms with Gasteiger partial charge in [-0.2, -0.15) is 0 Å². The molecule has 0 bridgehead atoms. The molecule has 0 aliphatic heterocycles. The van der Waals surface area contributed by atoms with Crippen LogP contribution in [0.15, 0.2) is 0 Å². The summed E-state index contributed by atoms with van der Waals surface area (Å²) < 4.78 is 4.55. The highest BCUT2D eigenvalue weighted by molar-refractivity contribution is 5.87. The van der Waals surface area contributed by atoms with Crippen LogP contribution in [0.4, 0.5) is 4.79 Å². The number of hydrogen-bond acceptors (Lipinski definition) is 5. The van der Waals surface area contributed by atoms with E-state index in [4.69, 9.17) is 10.8 Å². The lowest BCUT2D eigenvalue weighted by atomic mass is 10.1. The number of carbonyl (C=O) groups is 4. The van der Waals surface area contributed by atoms with Gasteiger partial charge in [0.2, 0.25) is 5.91 Å². The molecule has 1 unspecified atom stereocenters. The Morgan fingerprint density at radius 1 is 1.19 bits per heavy atom. The molecule has 9 heteroatoms. The van der Waals surface area contributed by atoms with Crippen LogP contribution in [0, 0.1) is 5.92 Å². The summed E-state index contributed by atoms with van der Waals surface area (Å²) in [4.78, 5) is 44.8. The fraction of sp³-hybridized carbons (Fsp3) is 0.667. The molecule has 0 radical (unpaired) electrons. The second-order valence-corrected chi connectivity index (χ2v) is 4.76. The number of hydrogen-bond donors (Lipinski definition) is 4. The average molecular weight is 303 g/mol. The molecule has 0 aliphatic carbocycles. The van der Waals surface area contributed by atoms with Gasteiger partial charge < -0.3 is 26.2 Å². The van der Waals surface area contributed by atoms with Crippen molar-refractivity contribution >= 4 is 23.9 Å². The molecule has 0 spiro atoms. The summed E-state index contributed by atoms with van der Waals surface area (Å²) in [6.07, 6.45) is -0.315. The molecule has 9 nitrogen and oxygen atoms in total. The van der Waals surface area contributed by atoms with E-state index >= 15 is 0 Å². The molecule has 0 aromatic carbocycles. The van der Waals surface area contributed by atoms with E-state index in [2.05, 4.69) is 15.4 Å². The molecule has 2 atom stereocenters. The normalized spacial score (nSPS) is 13.1. The van der Waals surface area contributed by atoms with E-state index in [1.54, 1.807) is 13.8 Å². The maximum absolute atomic E-state index is 11.7. The number of carboxylic acid groups (broad SMARTS) is 1. The summed E-state index contributed by atoms with van der Waals surface area (Å²) in [6, 6.07) is -3.01. The van der Waals surface area contributed by atoms with Crippen LogP contribution in [0.5, 0.6) is 0 Å². The van der Waals surface area contributed by atoms with E-state index in [9.17, 15) is 19.2 Å². The van der Waals surface area contributed by atoms with Crippen molar-refractivity contribution < 1.29 is 29.0 Å². The van der Waals surface area contributed by atoms with Gasteiger partial charge in [0.05, 0.1) is 7.11 Å². The standard InChI is InChI=1S/C12H21N3O6/c1-6(2)9(11(19)21-3)15-12(20)14-7(10(17)18)4-5-8(13)16/h6-7,9H,4-5H2,1-3H3,(H2,13,16)(H,17,18)(H2,14,15,20)/t7-,9?/m0/s1. The topological polar surface area (TPSA) is 148 Å². The van der Waals surface area contributed by atoms with E-state index in [0.29, 0.717) is 0 Å². The smallest absolute Gasteiger partial charge is 0.328 e. The zero-order valence-electron chi connectivity index (χ0n) is 12.2. The maximum atomic E-state index is 11.7. The van der Waals surface area contributed by atoms with Gasteiger partial charge in [0.15, 0.2) is 0 Å². The number of methoxy groups -OCH3 is 1. The maximum Gasteiger partial charge on any atom is 0.328 e. The van der Waals surface area contributed by atoms with Gasteiger partial charge in [-0.05, 0) is 12.3 Å². The number of esters is 1. The number of aliphatic carboxylic acids is 1. The first kappa shape index (κ1) is 18.7. The molecular formula is C12H21N3O6. The molecule has 0 saturated heterocycles. The second kappa shape index (κ2) is 8.77. The van der Waals surface area contributed by atoms with Gasteiger partial charge in [-0.15, -0.1) is 0 Å². The molecule has 21 heavy (non-hydrogen) atoms. The Morgan fingerprint density at radius 2 is 1.76 bits per heavy atom. The predicted molar refractivity (Wildman–Crippen MR) is 72.2 cm³/mol. The fourth-order valence-electron chi connectivity index (χ4n) is 1.51. The van der Waals surface area contributed by atoms with E-state index in [-0.39, 0.29) is 18.8 Å². The first-order valence-corrected chi connectivity index (χ1v) is 6.35. The number of carboxylic acids is 1. The summed E-state index contributed by atoms with van der Waals surface area (Å²) >= 11 is 0. The summed E-state index contributed by atoms with van der Waals surface area (Å²) in [6.45, 7) is 3.40. The quantitative estimate of drug-likeness (QED) is 0.431. The van der Waals surface area contributed by atoms with E-state index in [1.165, 1.54) is 7.11 Å². The van der Waals surface area contributed by atoms with Crippen LogP contribution in [0.25, 0.3) is 0 Å². The lowest BCUT2D eigenvalue weighted by molar-refractivity contribution is -0.144. The third kappa shape index (κ3) is 7.14. The molecule has 0 fully saturated rings. The molecule has 0 aromatic rings. The van der Waals surface area contributed by atoms with Crippen molar-refractivity contribution in [3.63, 3.8) is 0 Å². The third-order valence-corrected chi connectivity index (χ3v) is 2.69. The van der Waals surface area contributed by atoms with Crippen molar-refractivity contribution in [3.05, 3.63) is 0 Å². The Balaban J connectivity index is 4.64. The summed E-state index contributed by atoms with van der Waals surface area (Å²) in [7, 11) is 1.18. The van der Waals surface area contributed by atoms with Crippen molar-refractivity contribution in [1.29, 1.82) is 0 Å². The van der Waals surface area contributed by atoms with Crippen LogP contribution >= 0.6 is 0 Å². The monoisotopic (exact) mass is 303 g/mol. The lowest BCUT2D eigenvalue weighted by Gasteiger charge is -2.21. The number of carbonyl (C=O) groups excluding carboxylic acids is 3. The first-order valence-electron chi connectivity index (χ1n) is 6.35. The van der Waals surface area contributed by atoms with Crippen LogP contribution in [0.2, 0.25) is 0 Å². The van der Waals surface area contributed by atoms with Crippen molar-refractivity contribution in [2.45, 2.75) is 38.8 Å². The van der Waals surface area contributed by atoms with Gasteiger partial charge in [-0.1, -0.05) is 13.8 Å². The van der Waals surface area contributed by atoms with Crippen LogP contribution < -0.4 is 16.4 Å². The molecule has 5 N–H and O–H groups in total. The zero-order valence-corrected chi connectivity index (χ0v) is 12.2. The SMILES string of the molecule is COC(=O)C(NC(=O)N[C@@H](CCC(N)=O)C(=O)O)C(C)C. The lowest BCUT2D eigenvalue weighted by Crippen LogP contribution is -2.53. The third-order valence-electron chi connectivity index (χ3n) is 2.69. The zero-order chi connectivity index (χ0) is 16.6. The molecule has 0 aromatic heterocycles. The number of nitrogens with two attached hydrogens (primary N) is 1. The minimum atomic E-state index is -1.30. The van der Waals surface area contributed by atoms with Gasteiger partial charge in [0, 0.05) is 6.42 Å². The summed E-state index contributed by atoms with van der Waals surface area (Å²) in [5.74, 6) is -2.84. The molecule has 0 saturated carbocycles. The van der Waals surface area contributed by atoms with Crippen LogP contribution in [-0.4, -0.2) is 48.2 Å². The van der Waals surface area contributed by atoms with Gasteiger partial charge in [-0.25, -0.2) is 14.4 Å². The van der Waals surface area contributed by atoms with Gasteiger partial charge in [-0.3, -0.25) is 4.79 Å². The highest BCUT2D eigenvalue weighted by Crippen LogP contribution is 2.04. The highest BCUT2D eigenvalue weighted by atomic mass is 16.5. The Hall–Kier alpha value is -2.32. The van der Waals surface area contributed by atoms with E-state index in [0.717, 1.165) is 0 Å². The molecule has 120 valence electrons. The molecule has 0 rings (SSSR count). The first-order chi connectivity index (χ1) is 9.68. The minimum Gasteiger partial charge on any atom is -0.480 e. The van der Waals surface area contributed by atoms with Gasteiger partial charge >= 0.3 is 18.0 Å². The predicted octanol–water partition coefficient (Wildman–Crippen LogP) is -0.798. The Morgan fingerprint density at radius 3 is 2.14 bits per heavy atom. The second-order valence-electron chi connectivity index (χ2n) is 4.76. The number of primary amides is 1. The summed E-state index contributed by atoms with van der Waals surface area (Å²) in [5, 5.41) is 13.5. The molecule has 0 heterocycles. The number of amides is 3. The number of nitrogens with one attached hydrogen (secondary N) is 2. The summed E-state index contributed by atoms with van der Waals surface area (Å²) in [5.41, 5.74) is 4.93. The van der Waals surface area contributed by atoms with Crippen LogP contribution in [0.3, 0.4) is 0 Å². The Bertz CT molecular complexity index is 410. The largest absolute Gasteiger partial charge is 0.480 e. The van der Waals surface area contributed by atoms with Crippen molar-refractivity contribution in [1.82, 2.24) is 10.6 Å². The number of urea groups is 1. The Labute approximate surface area is 122 Å². The fourth-order valence-corrected chi connectivity index (χ4v) is 1.51. The average Bonchev–Trinajstić information content (AvgIpc) is 2.38. The van der Waals surface area contributed by atoms with Gasteiger partial charge in [0.1, 0.15) is 12.1 Å². The van der Waals surface area contributed by atoms with E-state index < -0.39 is 36.0 Å². The molecule has 3 amide bonds. The van der Waals surface area contributed by atoms with Crippen LogP contribution in [-0.2, 0) is 19.1 Å². The van der Waals surface area contributed by atoms with Crippen molar-refractivity contribution in [2.75, 3.05) is 7.11 Å².